The average Bonchev–Trinajstić information content (AvgIpc) is 2.57. The first-order valence-electron chi connectivity index (χ1n) is 9.13. The van der Waals surface area contributed by atoms with Crippen molar-refractivity contribution in [2.75, 3.05) is 0 Å². The Labute approximate surface area is 157 Å². The minimum absolute atomic E-state index is 0.155. The second-order valence-electron chi connectivity index (χ2n) is 7.52. The molecule has 26 heavy (non-hydrogen) atoms. The van der Waals surface area contributed by atoms with Gasteiger partial charge < -0.3 is 10.2 Å². The van der Waals surface area contributed by atoms with E-state index in [2.05, 4.69) is 13.2 Å². The standard InChI is InChI=1S/C24H30O2/c1-9-17-11-19(13(3)4)23(25)21(15(17)7)22-16(8)18(10-2)12-20(14(5)6)24(22)26/h9-14,25-26H,1-2H2,3-8H3. The summed E-state index contributed by atoms with van der Waals surface area (Å²) in [7, 11) is 0. The van der Waals surface area contributed by atoms with Gasteiger partial charge in [-0.15, -0.1) is 0 Å². The zero-order valence-corrected chi connectivity index (χ0v) is 16.8. The zero-order chi connectivity index (χ0) is 19.8. The first kappa shape index (κ1) is 19.8. The Hall–Kier alpha value is -2.48. The zero-order valence-electron chi connectivity index (χ0n) is 16.8. The van der Waals surface area contributed by atoms with Crippen LogP contribution in [0.3, 0.4) is 0 Å². The van der Waals surface area contributed by atoms with Crippen LogP contribution in [0.1, 0.15) is 72.9 Å². The maximum absolute atomic E-state index is 11.1. The molecule has 0 saturated heterocycles. The molecule has 0 aliphatic rings. The monoisotopic (exact) mass is 350 g/mol. The van der Waals surface area contributed by atoms with Crippen molar-refractivity contribution >= 4 is 12.2 Å². The fourth-order valence-electron chi connectivity index (χ4n) is 3.54. The van der Waals surface area contributed by atoms with Crippen LogP contribution in [0.25, 0.3) is 23.3 Å². The van der Waals surface area contributed by atoms with Gasteiger partial charge in [0.25, 0.3) is 0 Å². The third kappa shape index (κ3) is 3.16. The molecule has 0 radical (unpaired) electrons. The second-order valence-corrected chi connectivity index (χ2v) is 7.52. The summed E-state index contributed by atoms with van der Waals surface area (Å²) < 4.78 is 0. The largest absolute Gasteiger partial charge is 0.507 e. The first-order valence-corrected chi connectivity index (χ1v) is 9.13. The molecule has 0 bridgehead atoms. The highest BCUT2D eigenvalue weighted by atomic mass is 16.3. The average molecular weight is 351 g/mol. The molecular weight excluding hydrogens is 320 g/mol. The molecular formula is C24H30O2. The lowest BCUT2D eigenvalue weighted by molar-refractivity contribution is 0.458. The van der Waals surface area contributed by atoms with E-state index in [1.807, 2.05) is 53.7 Å². The summed E-state index contributed by atoms with van der Waals surface area (Å²) in [4.78, 5) is 0. The van der Waals surface area contributed by atoms with E-state index in [1.54, 1.807) is 12.2 Å². The van der Waals surface area contributed by atoms with E-state index in [-0.39, 0.29) is 23.3 Å². The lowest BCUT2D eigenvalue weighted by atomic mass is 9.83. The van der Waals surface area contributed by atoms with Crippen molar-refractivity contribution in [3.05, 3.63) is 58.7 Å². The summed E-state index contributed by atoms with van der Waals surface area (Å²) >= 11 is 0. The number of benzene rings is 2. The van der Waals surface area contributed by atoms with Crippen LogP contribution in [0.15, 0.2) is 25.3 Å². The molecule has 0 spiro atoms. The van der Waals surface area contributed by atoms with Crippen molar-refractivity contribution in [2.45, 2.75) is 53.4 Å². The Morgan fingerprint density at radius 2 is 1.04 bits per heavy atom. The maximum Gasteiger partial charge on any atom is 0.127 e. The van der Waals surface area contributed by atoms with Gasteiger partial charge in [0, 0.05) is 11.1 Å². The first-order chi connectivity index (χ1) is 12.1. The molecule has 0 aromatic heterocycles. The molecule has 0 unspecified atom stereocenters. The molecule has 2 aromatic rings. The molecule has 0 heterocycles. The van der Waals surface area contributed by atoms with E-state index in [0.29, 0.717) is 11.1 Å². The summed E-state index contributed by atoms with van der Waals surface area (Å²) in [6.45, 7) is 20.0. The van der Waals surface area contributed by atoms with E-state index >= 15 is 0 Å². The number of rotatable bonds is 5. The van der Waals surface area contributed by atoms with Crippen molar-refractivity contribution < 1.29 is 10.2 Å². The van der Waals surface area contributed by atoms with E-state index in [4.69, 9.17) is 0 Å². The molecule has 0 saturated carbocycles. The third-order valence-corrected chi connectivity index (χ3v) is 5.19. The van der Waals surface area contributed by atoms with Gasteiger partial charge in [0.1, 0.15) is 11.5 Å². The van der Waals surface area contributed by atoms with Gasteiger partial charge >= 0.3 is 0 Å². The van der Waals surface area contributed by atoms with Crippen molar-refractivity contribution in [1.29, 1.82) is 0 Å². The second kappa shape index (κ2) is 7.41. The number of aromatic hydroxyl groups is 2. The fraction of sp³-hybridized carbons (Fsp3) is 0.333. The quantitative estimate of drug-likeness (QED) is 0.615. The molecule has 2 aromatic carbocycles. The van der Waals surface area contributed by atoms with Crippen LogP contribution < -0.4 is 0 Å². The number of phenols is 2. The van der Waals surface area contributed by atoms with Crippen LogP contribution in [0, 0.1) is 13.8 Å². The fourth-order valence-corrected chi connectivity index (χ4v) is 3.54. The van der Waals surface area contributed by atoms with Crippen LogP contribution in [-0.2, 0) is 0 Å². The van der Waals surface area contributed by atoms with Gasteiger partial charge in [0.05, 0.1) is 0 Å². The molecule has 0 fully saturated rings. The molecule has 0 aliphatic heterocycles. The van der Waals surface area contributed by atoms with E-state index in [9.17, 15) is 10.2 Å². The van der Waals surface area contributed by atoms with Crippen LogP contribution in [-0.4, -0.2) is 10.2 Å². The van der Waals surface area contributed by atoms with Crippen molar-refractivity contribution in [3.63, 3.8) is 0 Å². The number of hydrogen-bond donors (Lipinski definition) is 2. The molecule has 2 N–H and O–H groups in total. The predicted molar refractivity (Wildman–Crippen MR) is 113 cm³/mol. The van der Waals surface area contributed by atoms with Gasteiger partial charge in [-0.05, 0) is 71.2 Å². The van der Waals surface area contributed by atoms with Crippen LogP contribution in [0.5, 0.6) is 11.5 Å². The van der Waals surface area contributed by atoms with E-state index < -0.39 is 0 Å². The number of phenolic OH excluding ortho intramolecular Hbond substituents is 2. The molecule has 2 rings (SSSR count). The summed E-state index contributed by atoms with van der Waals surface area (Å²) in [5.74, 6) is 0.778. The van der Waals surface area contributed by atoms with Gasteiger partial charge in [-0.2, -0.15) is 0 Å². The Morgan fingerprint density at radius 3 is 1.27 bits per heavy atom. The predicted octanol–water partition coefficient (Wildman–Crippen LogP) is 6.91. The Bertz CT molecular complexity index is 797. The molecule has 2 heteroatoms. The summed E-state index contributed by atoms with van der Waals surface area (Å²) in [5.41, 5.74) is 6.85. The van der Waals surface area contributed by atoms with Crippen LogP contribution in [0.4, 0.5) is 0 Å². The lowest BCUT2D eigenvalue weighted by Crippen LogP contribution is -2.01. The SMILES string of the molecule is C=Cc1cc(C(C)C)c(O)c(-c2c(C)c(C=C)cc(C(C)C)c2O)c1C. The Kier molecular flexibility index (Phi) is 5.65. The Balaban J connectivity index is 3.05. The van der Waals surface area contributed by atoms with Gasteiger partial charge in [0.15, 0.2) is 0 Å². The topological polar surface area (TPSA) is 40.5 Å². The molecule has 0 atom stereocenters. The highest BCUT2D eigenvalue weighted by Gasteiger charge is 2.24. The molecule has 138 valence electrons. The highest BCUT2D eigenvalue weighted by Crippen LogP contribution is 2.48. The smallest absolute Gasteiger partial charge is 0.127 e. The van der Waals surface area contributed by atoms with Gasteiger partial charge in [-0.1, -0.05) is 53.0 Å². The van der Waals surface area contributed by atoms with Crippen LogP contribution >= 0.6 is 0 Å². The third-order valence-electron chi connectivity index (χ3n) is 5.19. The minimum atomic E-state index is 0.155. The normalized spacial score (nSPS) is 11.2. The van der Waals surface area contributed by atoms with Crippen LogP contribution in [0.2, 0.25) is 0 Å². The number of hydrogen-bond acceptors (Lipinski definition) is 2. The van der Waals surface area contributed by atoms with Gasteiger partial charge in [-0.25, -0.2) is 0 Å². The molecule has 0 amide bonds. The van der Waals surface area contributed by atoms with Crippen molar-refractivity contribution in [3.8, 4) is 22.6 Å². The summed E-state index contributed by atoms with van der Waals surface area (Å²) in [5, 5.41) is 22.2. The van der Waals surface area contributed by atoms with Gasteiger partial charge in [-0.3, -0.25) is 0 Å². The van der Waals surface area contributed by atoms with E-state index in [0.717, 1.165) is 33.4 Å². The maximum atomic E-state index is 11.1. The van der Waals surface area contributed by atoms with E-state index in [1.165, 1.54) is 0 Å². The lowest BCUT2D eigenvalue weighted by Gasteiger charge is -2.23. The van der Waals surface area contributed by atoms with Crippen molar-refractivity contribution in [2.24, 2.45) is 0 Å². The van der Waals surface area contributed by atoms with Gasteiger partial charge in [0.2, 0.25) is 0 Å². The van der Waals surface area contributed by atoms with Crippen molar-refractivity contribution in [1.82, 2.24) is 0 Å². The minimum Gasteiger partial charge on any atom is -0.507 e. The molecule has 2 nitrogen and oxygen atoms in total. The summed E-state index contributed by atoms with van der Waals surface area (Å²) in [6.07, 6.45) is 3.61. The molecule has 0 aliphatic carbocycles. The highest BCUT2D eigenvalue weighted by molar-refractivity contribution is 5.87. The Morgan fingerprint density at radius 1 is 0.731 bits per heavy atom. The summed E-state index contributed by atoms with van der Waals surface area (Å²) in [6, 6.07) is 3.97.